The fourth-order valence-corrected chi connectivity index (χ4v) is 6.28. The Labute approximate surface area is 247 Å². The number of aryl methyl sites for hydroxylation is 1. The topological polar surface area (TPSA) is 135 Å². The van der Waals surface area contributed by atoms with Gasteiger partial charge in [-0.1, -0.05) is 42.5 Å². The summed E-state index contributed by atoms with van der Waals surface area (Å²) in [6.45, 7) is 3.49. The first-order valence-electron chi connectivity index (χ1n) is 13.9. The van der Waals surface area contributed by atoms with E-state index in [0.29, 0.717) is 49.3 Å². The van der Waals surface area contributed by atoms with Gasteiger partial charge in [-0.05, 0) is 69.9 Å². The quantitative estimate of drug-likeness (QED) is 0.129. The Morgan fingerprint density at radius 3 is 2.38 bits per heavy atom. The molecule has 4 aromatic rings. The molecule has 222 valence electrons. The van der Waals surface area contributed by atoms with Crippen LogP contribution in [0.2, 0.25) is 0 Å². The first kappa shape index (κ1) is 30.7. The van der Waals surface area contributed by atoms with Gasteiger partial charge in [-0.15, -0.1) is 0 Å². The van der Waals surface area contributed by atoms with Crippen molar-refractivity contribution in [3.8, 4) is 0 Å². The largest absolute Gasteiger partial charge is 0.466 e. The van der Waals surface area contributed by atoms with E-state index >= 15 is 0 Å². The fourth-order valence-electron chi connectivity index (χ4n) is 4.77. The summed E-state index contributed by atoms with van der Waals surface area (Å²) in [4.78, 5) is 19.4. The van der Waals surface area contributed by atoms with Gasteiger partial charge in [0, 0.05) is 25.1 Å². The molecular formula is C31H38N6O4S. The van der Waals surface area contributed by atoms with E-state index in [2.05, 4.69) is 0 Å². The van der Waals surface area contributed by atoms with Crippen LogP contribution in [-0.2, 0) is 32.5 Å². The number of benzene rings is 3. The molecule has 3 aromatic carbocycles. The lowest BCUT2D eigenvalue weighted by molar-refractivity contribution is -0.143. The SMILES string of the molecule is CCOC(=O)CCn1c(Cc2ccc(C(=N)N)cc2)nc2cc(N(CCCN(C)C)S(=O)(=O)c3ccccc3)ccc21. The van der Waals surface area contributed by atoms with Gasteiger partial charge in [0.15, 0.2) is 0 Å². The van der Waals surface area contributed by atoms with Crippen LogP contribution in [0.15, 0.2) is 77.7 Å². The number of ether oxygens (including phenoxy) is 1. The van der Waals surface area contributed by atoms with Crippen LogP contribution in [0.25, 0.3) is 11.0 Å². The van der Waals surface area contributed by atoms with Crippen LogP contribution >= 0.6 is 0 Å². The molecule has 1 heterocycles. The first-order chi connectivity index (χ1) is 20.1. The summed E-state index contributed by atoms with van der Waals surface area (Å²) in [6.07, 6.45) is 1.29. The number of sulfonamides is 1. The molecule has 0 radical (unpaired) electrons. The minimum Gasteiger partial charge on any atom is -0.466 e. The number of nitrogen functional groups attached to an aromatic ring is 1. The number of rotatable bonds is 14. The van der Waals surface area contributed by atoms with Crippen LogP contribution in [0.4, 0.5) is 5.69 Å². The number of carbonyl (C=O) groups is 1. The van der Waals surface area contributed by atoms with Crippen LogP contribution in [0, 0.1) is 5.41 Å². The van der Waals surface area contributed by atoms with Crippen molar-refractivity contribution in [1.29, 1.82) is 5.41 Å². The highest BCUT2D eigenvalue weighted by molar-refractivity contribution is 7.92. The molecule has 1 aromatic heterocycles. The Morgan fingerprint density at radius 1 is 1.02 bits per heavy atom. The van der Waals surface area contributed by atoms with Crippen LogP contribution in [0.5, 0.6) is 0 Å². The Morgan fingerprint density at radius 2 is 1.74 bits per heavy atom. The molecule has 0 aliphatic rings. The maximum atomic E-state index is 13.8. The van der Waals surface area contributed by atoms with Gasteiger partial charge in [-0.2, -0.15) is 0 Å². The van der Waals surface area contributed by atoms with Gasteiger partial charge in [0.05, 0.1) is 34.6 Å². The van der Waals surface area contributed by atoms with Crippen LogP contribution in [-0.4, -0.2) is 68.5 Å². The van der Waals surface area contributed by atoms with Gasteiger partial charge in [0.25, 0.3) is 10.0 Å². The molecule has 0 fully saturated rings. The fraction of sp³-hybridized carbons (Fsp3) is 0.323. The maximum Gasteiger partial charge on any atom is 0.307 e. The number of amidine groups is 1. The Bertz CT molecular complexity index is 1630. The number of nitrogens with one attached hydrogen (secondary N) is 1. The van der Waals surface area contributed by atoms with Crippen molar-refractivity contribution in [3.63, 3.8) is 0 Å². The summed E-state index contributed by atoms with van der Waals surface area (Å²) >= 11 is 0. The summed E-state index contributed by atoms with van der Waals surface area (Å²) in [5, 5.41) is 7.65. The number of carbonyl (C=O) groups excluding carboxylic acids is 1. The average Bonchev–Trinajstić information content (AvgIpc) is 3.30. The Balaban J connectivity index is 1.75. The lowest BCUT2D eigenvalue weighted by Gasteiger charge is -2.25. The third-order valence-corrected chi connectivity index (χ3v) is 8.71. The van der Waals surface area contributed by atoms with E-state index in [1.807, 2.05) is 41.8 Å². The van der Waals surface area contributed by atoms with Gasteiger partial charge in [0.2, 0.25) is 0 Å². The number of esters is 1. The molecular weight excluding hydrogens is 552 g/mol. The summed E-state index contributed by atoms with van der Waals surface area (Å²) in [5.41, 5.74) is 9.16. The Kier molecular flexibility index (Phi) is 9.97. The summed E-state index contributed by atoms with van der Waals surface area (Å²) in [6, 6.07) is 21.3. The molecule has 0 spiro atoms. The second kappa shape index (κ2) is 13.6. The lowest BCUT2D eigenvalue weighted by atomic mass is 10.1. The van der Waals surface area contributed by atoms with Crippen LogP contribution in [0.1, 0.15) is 36.7 Å². The van der Waals surface area contributed by atoms with Crippen molar-refractivity contribution >= 4 is 38.5 Å². The van der Waals surface area contributed by atoms with Gasteiger partial charge in [-0.25, -0.2) is 13.4 Å². The first-order valence-corrected chi connectivity index (χ1v) is 15.3. The lowest BCUT2D eigenvalue weighted by Crippen LogP contribution is -2.33. The summed E-state index contributed by atoms with van der Waals surface area (Å²) in [7, 11) is 0.0971. The standard InChI is InChI=1S/C31H38N6O4S/c1-4-41-30(38)17-20-36-28-16-15-25(22-27(28)34-29(36)21-23-11-13-24(14-12-23)31(32)33)37(19-8-18-35(2)3)42(39,40)26-9-6-5-7-10-26/h5-7,9-16,22H,4,8,17-21H2,1-3H3,(H3,32,33). The normalized spacial score (nSPS) is 11.6. The minimum atomic E-state index is -3.82. The van der Waals surface area contributed by atoms with Crippen molar-refractivity contribution in [3.05, 3.63) is 89.7 Å². The molecule has 0 aliphatic heterocycles. The van der Waals surface area contributed by atoms with E-state index in [9.17, 15) is 13.2 Å². The van der Waals surface area contributed by atoms with E-state index in [1.54, 1.807) is 61.5 Å². The second-order valence-electron chi connectivity index (χ2n) is 10.2. The smallest absolute Gasteiger partial charge is 0.307 e. The predicted octanol–water partition coefficient (Wildman–Crippen LogP) is 4.01. The zero-order valence-corrected chi connectivity index (χ0v) is 25.1. The van der Waals surface area contributed by atoms with Crippen molar-refractivity contribution in [2.24, 2.45) is 5.73 Å². The zero-order valence-electron chi connectivity index (χ0n) is 24.3. The second-order valence-corrected chi connectivity index (χ2v) is 12.1. The van der Waals surface area contributed by atoms with Crippen molar-refractivity contribution in [2.75, 3.05) is 38.1 Å². The molecule has 10 nitrogen and oxygen atoms in total. The number of hydrogen-bond acceptors (Lipinski definition) is 7. The van der Waals surface area contributed by atoms with E-state index < -0.39 is 10.0 Å². The molecule has 0 bridgehead atoms. The van der Waals surface area contributed by atoms with Crippen molar-refractivity contribution in [1.82, 2.24) is 14.5 Å². The Hall–Kier alpha value is -4.22. The monoisotopic (exact) mass is 590 g/mol. The van der Waals surface area contributed by atoms with E-state index in [-0.39, 0.29) is 23.1 Å². The molecule has 42 heavy (non-hydrogen) atoms. The third kappa shape index (κ3) is 7.34. The highest BCUT2D eigenvalue weighted by Crippen LogP contribution is 2.29. The van der Waals surface area contributed by atoms with Crippen molar-refractivity contribution in [2.45, 2.75) is 37.6 Å². The highest BCUT2D eigenvalue weighted by atomic mass is 32.2. The number of imidazole rings is 1. The molecule has 0 aliphatic carbocycles. The maximum absolute atomic E-state index is 13.8. The number of aromatic nitrogens is 2. The van der Waals surface area contributed by atoms with Crippen LogP contribution < -0.4 is 10.0 Å². The molecule has 11 heteroatoms. The molecule has 0 saturated carbocycles. The van der Waals surface area contributed by atoms with Gasteiger partial charge in [0.1, 0.15) is 11.7 Å². The van der Waals surface area contributed by atoms with E-state index in [1.165, 1.54) is 4.31 Å². The van der Waals surface area contributed by atoms with E-state index in [0.717, 1.165) is 23.4 Å². The molecule has 3 N–H and O–H groups in total. The molecule has 0 unspecified atom stereocenters. The molecule has 4 rings (SSSR count). The number of fused-ring (bicyclic) bond motifs is 1. The summed E-state index contributed by atoms with van der Waals surface area (Å²) in [5.74, 6) is 0.428. The average molecular weight is 591 g/mol. The summed E-state index contributed by atoms with van der Waals surface area (Å²) < 4.78 is 36.1. The van der Waals surface area contributed by atoms with E-state index in [4.69, 9.17) is 20.9 Å². The van der Waals surface area contributed by atoms with Crippen molar-refractivity contribution < 1.29 is 17.9 Å². The van der Waals surface area contributed by atoms with Gasteiger partial charge < -0.3 is 19.9 Å². The predicted molar refractivity (Wildman–Crippen MR) is 165 cm³/mol. The third-order valence-electron chi connectivity index (χ3n) is 6.87. The molecule has 0 amide bonds. The van der Waals surface area contributed by atoms with Gasteiger partial charge in [-0.3, -0.25) is 14.5 Å². The number of anilines is 1. The minimum absolute atomic E-state index is 0.00338. The van der Waals surface area contributed by atoms with Gasteiger partial charge >= 0.3 is 5.97 Å². The number of nitrogens with zero attached hydrogens (tertiary/aromatic N) is 4. The zero-order chi connectivity index (χ0) is 30.3. The number of hydrogen-bond donors (Lipinski definition) is 2. The highest BCUT2D eigenvalue weighted by Gasteiger charge is 2.25. The molecule has 0 saturated heterocycles. The molecule has 0 atom stereocenters. The number of nitrogens with two attached hydrogens (primary N) is 1. The van der Waals surface area contributed by atoms with Crippen LogP contribution in [0.3, 0.4) is 0 Å².